The number of hydrogen-bond donors (Lipinski definition) is 1. The molecule has 4 rings (SSSR count). The fourth-order valence-corrected chi connectivity index (χ4v) is 3.34. The van der Waals surface area contributed by atoms with E-state index in [1.165, 1.54) is 0 Å². The zero-order valence-electron chi connectivity index (χ0n) is 17.6. The summed E-state index contributed by atoms with van der Waals surface area (Å²) >= 11 is 0. The average Bonchev–Trinajstić information content (AvgIpc) is 2.84. The van der Waals surface area contributed by atoms with Gasteiger partial charge in [-0.05, 0) is 30.2 Å². The van der Waals surface area contributed by atoms with E-state index in [1.54, 1.807) is 7.11 Å². The lowest BCUT2D eigenvalue weighted by molar-refractivity contribution is 0.410. The number of nitrogens with one attached hydrogen (secondary N) is 1. The Balaban J connectivity index is 1.70. The molecule has 4 aromatic rings. The summed E-state index contributed by atoms with van der Waals surface area (Å²) in [7, 11) is 1.69. The van der Waals surface area contributed by atoms with Gasteiger partial charge in [0, 0.05) is 17.5 Å². The summed E-state index contributed by atoms with van der Waals surface area (Å²) in [5.74, 6) is 1.47. The van der Waals surface area contributed by atoms with Gasteiger partial charge in [0.15, 0.2) is 5.82 Å². The van der Waals surface area contributed by atoms with E-state index >= 15 is 0 Å². The van der Waals surface area contributed by atoms with Crippen molar-refractivity contribution in [3.05, 3.63) is 108 Å². The Bertz CT molecular complexity index is 1170. The number of anilines is 1. The first-order valence-corrected chi connectivity index (χ1v) is 10.1. The van der Waals surface area contributed by atoms with Gasteiger partial charge >= 0.3 is 0 Å². The highest BCUT2D eigenvalue weighted by Crippen LogP contribution is 2.27. The predicted octanol–water partition coefficient (Wildman–Crippen LogP) is 5.58. The van der Waals surface area contributed by atoms with Crippen LogP contribution in [0.15, 0.2) is 96.1 Å². The maximum Gasteiger partial charge on any atom is 0.172 e. The van der Waals surface area contributed by atoms with Crippen molar-refractivity contribution in [3.8, 4) is 17.0 Å². The second kappa shape index (κ2) is 9.67. The standard InChI is InChI=1S/C26H24N4O/c1-19(20-11-5-3-6-12-20)27-29-26-23(17-22-15-9-10-16-25(22)31-2)18-24(28-30-26)21-13-7-4-8-14-21/h3-16,18H,17H2,1-2H3,(H,29,30)/b27-19+. The van der Waals surface area contributed by atoms with Gasteiger partial charge in [-0.2, -0.15) is 5.10 Å². The lowest BCUT2D eigenvalue weighted by Gasteiger charge is -2.12. The molecule has 3 aromatic carbocycles. The fraction of sp³-hybridized carbons (Fsp3) is 0.115. The van der Waals surface area contributed by atoms with Crippen molar-refractivity contribution in [3.63, 3.8) is 0 Å². The van der Waals surface area contributed by atoms with Crippen molar-refractivity contribution in [2.45, 2.75) is 13.3 Å². The molecule has 0 bridgehead atoms. The smallest absolute Gasteiger partial charge is 0.172 e. The SMILES string of the molecule is COc1ccccc1Cc1cc(-c2ccccc2)nnc1N/N=C(\C)c1ccccc1. The number of para-hydroxylation sites is 1. The number of methoxy groups -OCH3 is 1. The monoisotopic (exact) mass is 408 g/mol. The topological polar surface area (TPSA) is 59.4 Å². The number of ether oxygens (including phenoxy) is 1. The van der Waals surface area contributed by atoms with E-state index < -0.39 is 0 Å². The summed E-state index contributed by atoms with van der Waals surface area (Å²) in [6.07, 6.45) is 0.640. The molecule has 0 radical (unpaired) electrons. The molecule has 0 aliphatic carbocycles. The second-order valence-corrected chi connectivity index (χ2v) is 7.13. The molecular weight excluding hydrogens is 384 g/mol. The summed E-state index contributed by atoms with van der Waals surface area (Å²) in [5, 5.41) is 13.4. The van der Waals surface area contributed by atoms with Gasteiger partial charge in [0.2, 0.25) is 0 Å². The van der Waals surface area contributed by atoms with Crippen LogP contribution in [0.5, 0.6) is 5.75 Å². The molecule has 1 aromatic heterocycles. The van der Waals surface area contributed by atoms with Crippen molar-refractivity contribution >= 4 is 11.5 Å². The summed E-state index contributed by atoms with van der Waals surface area (Å²) in [6.45, 7) is 1.97. The minimum Gasteiger partial charge on any atom is -0.496 e. The molecule has 0 amide bonds. The van der Waals surface area contributed by atoms with Crippen LogP contribution in [0.25, 0.3) is 11.3 Å². The van der Waals surface area contributed by atoms with Gasteiger partial charge in [-0.15, -0.1) is 10.2 Å². The Morgan fingerprint density at radius 1 is 0.839 bits per heavy atom. The number of nitrogens with zero attached hydrogens (tertiary/aromatic N) is 3. The largest absolute Gasteiger partial charge is 0.496 e. The molecule has 0 saturated carbocycles. The maximum atomic E-state index is 5.54. The highest BCUT2D eigenvalue weighted by Gasteiger charge is 2.12. The Labute approximate surface area is 182 Å². The molecule has 5 heteroatoms. The third-order valence-electron chi connectivity index (χ3n) is 5.04. The van der Waals surface area contributed by atoms with E-state index in [0.717, 1.165) is 39.4 Å². The van der Waals surface area contributed by atoms with E-state index in [0.29, 0.717) is 12.2 Å². The molecule has 0 saturated heterocycles. The van der Waals surface area contributed by atoms with Crippen molar-refractivity contribution in [2.24, 2.45) is 5.10 Å². The third kappa shape index (κ3) is 4.95. The molecule has 0 unspecified atom stereocenters. The highest BCUT2D eigenvalue weighted by molar-refractivity contribution is 5.99. The minimum atomic E-state index is 0.626. The van der Waals surface area contributed by atoms with Crippen molar-refractivity contribution in [1.29, 1.82) is 0 Å². The van der Waals surface area contributed by atoms with Gasteiger partial charge < -0.3 is 4.74 Å². The van der Waals surface area contributed by atoms with Gasteiger partial charge in [-0.1, -0.05) is 78.9 Å². The third-order valence-corrected chi connectivity index (χ3v) is 5.04. The lowest BCUT2D eigenvalue weighted by atomic mass is 10.0. The Morgan fingerprint density at radius 2 is 1.52 bits per heavy atom. The molecule has 0 aliphatic rings. The van der Waals surface area contributed by atoms with Crippen LogP contribution >= 0.6 is 0 Å². The second-order valence-electron chi connectivity index (χ2n) is 7.13. The van der Waals surface area contributed by atoms with Crippen molar-refractivity contribution in [1.82, 2.24) is 10.2 Å². The van der Waals surface area contributed by atoms with Crippen LogP contribution < -0.4 is 10.2 Å². The van der Waals surface area contributed by atoms with Crippen LogP contribution in [0.4, 0.5) is 5.82 Å². The van der Waals surface area contributed by atoms with Crippen LogP contribution in [-0.4, -0.2) is 23.0 Å². The summed E-state index contributed by atoms with van der Waals surface area (Å²) in [6, 6.07) is 30.1. The minimum absolute atomic E-state index is 0.626. The van der Waals surface area contributed by atoms with Crippen LogP contribution in [0.1, 0.15) is 23.6 Å². The Morgan fingerprint density at radius 3 is 2.26 bits per heavy atom. The van der Waals surface area contributed by atoms with Gasteiger partial charge in [0.1, 0.15) is 5.75 Å². The van der Waals surface area contributed by atoms with Crippen molar-refractivity contribution < 1.29 is 4.74 Å². The highest BCUT2D eigenvalue weighted by atomic mass is 16.5. The average molecular weight is 409 g/mol. The Hall–Kier alpha value is -3.99. The number of hydrazone groups is 1. The lowest BCUT2D eigenvalue weighted by Crippen LogP contribution is -2.06. The van der Waals surface area contributed by atoms with Crippen LogP contribution in [0, 0.1) is 0 Å². The number of benzene rings is 3. The van der Waals surface area contributed by atoms with Crippen molar-refractivity contribution in [2.75, 3.05) is 12.5 Å². The first-order valence-electron chi connectivity index (χ1n) is 10.1. The summed E-state index contributed by atoms with van der Waals surface area (Å²) in [4.78, 5) is 0. The van der Waals surface area contributed by atoms with Crippen LogP contribution in [0.2, 0.25) is 0 Å². The van der Waals surface area contributed by atoms with Gasteiger partial charge in [0.25, 0.3) is 0 Å². The fourth-order valence-electron chi connectivity index (χ4n) is 3.34. The quantitative estimate of drug-likeness (QED) is 0.320. The summed E-state index contributed by atoms with van der Waals surface area (Å²) in [5.41, 5.74) is 8.95. The zero-order valence-corrected chi connectivity index (χ0v) is 17.6. The van der Waals surface area contributed by atoms with E-state index in [9.17, 15) is 0 Å². The zero-order chi connectivity index (χ0) is 21.5. The molecule has 0 atom stereocenters. The molecule has 0 spiro atoms. The normalized spacial score (nSPS) is 11.2. The van der Waals surface area contributed by atoms with E-state index in [-0.39, 0.29) is 0 Å². The molecule has 154 valence electrons. The van der Waals surface area contributed by atoms with Crippen LogP contribution in [-0.2, 0) is 6.42 Å². The molecule has 1 heterocycles. The molecule has 1 N–H and O–H groups in total. The maximum absolute atomic E-state index is 5.54. The summed E-state index contributed by atoms with van der Waals surface area (Å²) < 4.78 is 5.54. The molecular formula is C26H24N4O. The first kappa shape index (κ1) is 20.3. The molecule has 5 nitrogen and oxygen atoms in total. The molecule has 0 fully saturated rings. The Kier molecular flexibility index (Phi) is 6.33. The van der Waals surface area contributed by atoms with Gasteiger partial charge in [0.05, 0.1) is 18.5 Å². The number of rotatable bonds is 7. The molecule has 0 aliphatic heterocycles. The number of aromatic nitrogens is 2. The van der Waals surface area contributed by atoms with Gasteiger partial charge in [-0.3, -0.25) is 5.43 Å². The van der Waals surface area contributed by atoms with E-state index in [4.69, 9.17) is 4.74 Å². The predicted molar refractivity (Wildman–Crippen MR) is 126 cm³/mol. The number of hydrogen-bond acceptors (Lipinski definition) is 5. The van der Waals surface area contributed by atoms with E-state index in [1.807, 2.05) is 85.8 Å². The first-order chi connectivity index (χ1) is 15.2. The van der Waals surface area contributed by atoms with E-state index in [2.05, 4.69) is 32.9 Å². The molecule has 31 heavy (non-hydrogen) atoms. The van der Waals surface area contributed by atoms with Crippen LogP contribution in [0.3, 0.4) is 0 Å². The van der Waals surface area contributed by atoms with Gasteiger partial charge in [-0.25, -0.2) is 0 Å².